The molecule has 0 saturated heterocycles. The molecule has 3 aromatic heterocycles. The Morgan fingerprint density at radius 3 is 1.10 bits per heavy atom. The molecule has 0 fully saturated rings. The van der Waals surface area contributed by atoms with Crippen LogP contribution in [-0.2, 0) is 0 Å². The highest BCUT2D eigenvalue weighted by atomic mass is 15.0. The molecule has 0 atom stereocenters. The first kappa shape index (κ1) is 28.2. The molecule has 0 aliphatic heterocycles. The van der Waals surface area contributed by atoms with Gasteiger partial charge < -0.3 is 9.13 Å². The molecule has 0 radical (unpaired) electrons. The average molecular weight is 640 g/mol. The van der Waals surface area contributed by atoms with Crippen LogP contribution in [0.25, 0.3) is 89.2 Å². The zero-order chi connectivity index (χ0) is 33.0. The van der Waals surface area contributed by atoms with E-state index in [1.165, 1.54) is 10.8 Å². The molecule has 0 amide bonds. The standard InChI is InChI=1S/C45H29N5/c1-4-14-30(15-5-1)43-46-44(31-24-26-41-37(28-31)35-20-10-12-22-39(35)49(41)33-16-6-2-7-17-33)48-45(47-43)32-25-27-42-38(29-32)36-21-11-13-23-40(36)50(42)34-18-8-3-9-19-34/h1-29H. The SMILES string of the molecule is c1ccc(-c2nc(-c3ccc4c(c3)c3ccccc3n4-c3ccccc3)nc(-c3ccc4c(c3)c3ccccc3n4-c3ccccc3)n2)cc1. The quantitative estimate of drug-likeness (QED) is 0.188. The lowest BCUT2D eigenvalue weighted by Crippen LogP contribution is -2.00. The van der Waals surface area contributed by atoms with Gasteiger partial charge in [-0.2, -0.15) is 0 Å². The van der Waals surface area contributed by atoms with Crippen LogP contribution in [0.15, 0.2) is 176 Å². The Morgan fingerprint density at radius 1 is 0.280 bits per heavy atom. The lowest BCUT2D eigenvalue weighted by atomic mass is 10.1. The van der Waals surface area contributed by atoms with E-state index in [0.29, 0.717) is 17.5 Å². The fourth-order valence-corrected chi connectivity index (χ4v) is 7.28. The molecule has 0 unspecified atom stereocenters. The van der Waals surface area contributed by atoms with Crippen LogP contribution in [0, 0.1) is 0 Å². The molecule has 10 aromatic rings. The summed E-state index contributed by atoms with van der Waals surface area (Å²) in [6.45, 7) is 0. The van der Waals surface area contributed by atoms with Crippen LogP contribution in [0.2, 0.25) is 0 Å². The second-order valence-electron chi connectivity index (χ2n) is 12.5. The fourth-order valence-electron chi connectivity index (χ4n) is 7.28. The molecule has 0 bridgehead atoms. The van der Waals surface area contributed by atoms with E-state index in [1.807, 2.05) is 18.2 Å². The smallest absolute Gasteiger partial charge is 0.164 e. The van der Waals surface area contributed by atoms with E-state index in [4.69, 9.17) is 15.0 Å². The monoisotopic (exact) mass is 639 g/mol. The van der Waals surface area contributed by atoms with E-state index in [0.717, 1.165) is 60.9 Å². The van der Waals surface area contributed by atoms with Crippen molar-refractivity contribution in [3.63, 3.8) is 0 Å². The zero-order valence-corrected chi connectivity index (χ0v) is 27.0. The van der Waals surface area contributed by atoms with Crippen LogP contribution in [0.3, 0.4) is 0 Å². The number of benzene rings is 7. The van der Waals surface area contributed by atoms with Crippen molar-refractivity contribution < 1.29 is 0 Å². The van der Waals surface area contributed by atoms with E-state index in [-0.39, 0.29) is 0 Å². The predicted molar refractivity (Wildman–Crippen MR) is 205 cm³/mol. The number of rotatable bonds is 5. The van der Waals surface area contributed by atoms with Gasteiger partial charge in [-0.05, 0) is 72.8 Å². The Hall–Kier alpha value is -6.85. The maximum Gasteiger partial charge on any atom is 0.164 e. The van der Waals surface area contributed by atoms with Crippen LogP contribution >= 0.6 is 0 Å². The third-order valence-corrected chi connectivity index (χ3v) is 9.56. The molecular formula is C45H29N5. The second-order valence-corrected chi connectivity index (χ2v) is 12.5. The van der Waals surface area contributed by atoms with Gasteiger partial charge in [0.05, 0.1) is 22.1 Å². The van der Waals surface area contributed by atoms with Crippen molar-refractivity contribution in [3.05, 3.63) is 176 Å². The second kappa shape index (κ2) is 11.4. The Bertz CT molecular complexity index is 2680. The third kappa shape index (κ3) is 4.52. The minimum Gasteiger partial charge on any atom is -0.309 e. The Kier molecular flexibility index (Phi) is 6.42. The van der Waals surface area contributed by atoms with Crippen LogP contribution in [0.5, 0.6) is 0 Å². The molecule has 5 heteroatoms. The number of nitrogens with zero attached hydrogens (tertiary/aromatic N) is 5. The average Bonchev–Trinajstić information content (AvgIpc) is 3.71. The molecule has 10 rings (SSSR count). The maximum absolute atomic E-state index is 5.17. The van der Waals surface area contributed by atoms with Gasteiger partial charge in [-0.1, -0.05) is 103 Å². The number of fused-ring (bicyclic) bond motifs is 6. The molecule has 50 heavy (non-hydrogen) atoms. The van der Waals surface area contributed by atoms with Gasteiger partial charge >= 0.3 is 0 Å². The topological polar surface area (TPSA) is 48.5 Å². The van der Waals surface area contributed by atoms with Crippen LogP contribution in [-0.4, -0.2) is 24.1 Å². The van der Waals surface area contributed by atoms with Crippen molar-refractivity contribution in [1.29, 1.82) is 0 Å². The first-order valence-electron chi connectivity index (χ1n) is 16.8. The number of hydrogen-bond donors (Lipinski definition) is 0. The van der Waals surface area contributed by atoms with Crippen molar-refractivity contribution in [2.45, 2.75) is 0 Å². The summed E-state index contributed by atoms with van der Waals surface area (Å²) >= 11 is 0. The highest BCUT2D eigenvalue weighted by Gasteiger charge is 2.18. The van der Waals surface area contributed by atoms with Crippen molar-refractivity contribution in [1.82, 2.24) is 24.1 Å². The van der Waals surface area contributed by atoms with Gasteiger partial charge in [0.2, 0.25) is 0 Å². The van der Waals surface area contributed by atoms with Gasteiger partial charge in [0.25, 0.3) is 0 Å². The summed E-state index contributed by atoms with van der Waals surface area (Å²) in [5.41, 5.74) is 9.68. The summed E-state index contributed by atoms with van der Waals surface area (Å²) in [6, 6.07) is 61.4. The Morgan fingerprint density at radius 2 is 0.640 bits per heavy atom. The highest BCUT2D eigenvalue weighted by molar-refractivity contribution is 6.11. The normalized spacial score (nSPS) is 11.6. The first-order chi connectivity index (χ1) is 24.8. The summed E-state index contributed by atoms with van der Waals surface area (Å²) in [5, 5.41) is 4.68. The van der Waals surface area contributed by atoms with E-state index in [2.05, 4.69) is 167 Å². The van der Waals surface area contributed by atoms with E-state index in [9.17, 15) is 0 Å². The lowest BCUT2D eigenvalue weighted by molar-refractivity contribution is 1.07. The largest absolute Gasteiger partial charge is 0.309 e. The Balaban J connectivity index is 1.18. The zero-order valence-electron chi connectivity index (χ0n) is 27.0. The Labute approximate surface area is 288 Å². The number of hydrogen-bond acceptors (Lipinski definition) is 3. The summed E-state index contributed by atoms with van der Waals surface area (Å²) in [4.78, 5) is 15.3. The number of aromatic nitrogens is 5. The fraction of sp³-hybridized carbons (Fsp3) is 0. The molecule has 7 aromatic carbocycles. The van der Waals surface area contributed by atoms with Crippen molar-refractivity contribution in [3.8, 4) is 45.5 Å². The van der Waals surface area contributed by atoms with Crippen molar-refractivity contribution in [2.24, 2.45) is 0 Å². The maximum atomic E-state index is 5.17. The van der Waals surface area contributed by atoms with Gasteiger partial charge in [-0.15, -0.1) is 0 Å². The summed E-state index contributed by atoms with van der Waals surface area (Å²) in [7, 11) is 0. The van der Waals surface area contributed by atoms with Gasteiger partial charge in [0, 0.05) is 49.6 Å². The molecule has 5 nitrogen and oxygen atoms in total. The van der Waals surface area contributed by atoms with E-state index in [1.54, 1.807) is 0 Å². The summed E-state index contributed by atoms with van der Waals surface area (Å²) in [5.74, 6) is 1.92. The first-order valence-corrected chi connectivity index (χ1v) is 16.8. The van der Waals surface area contributed by atoms with Crippen LogP contribution in [0.1, 0.15) is 0 Å². The van der Waals surface area contributed by atoms with Crippen LogP contribution in [0.4, 0.5) is 0 Å². The molecule has 0 N–H and O–H groups in total. The lowest BCUT2D eigenvalue weighted by Gasteiger charge is -2.10. The molecule has 0 aliphatic carbocycles. The summed E-state index contributed by atoms with van der Waals surface area (Å²) < 4.78 is 4.65. The third-order valence-electron chi connectivity index (χ3n) is 9.56. The molecular weight excluding hydrogens is 611 g/mol. The van der Waals surface area contributed by atoms with Crippen molar-refractivity contribution >= 4 is 43.6 Å². The highest BCUT2D eigenvalue weighted by Crippen LogP contribution is 2.37. The van der Waals surface area contributed by atoms with Gasteiger partial charge in [-0.3, -0.25) is 0 Å². The van der Waals surface area contributed by atoms with Gasteiger partial charge in [-0.25, -0.2) is 15.0 Å². The molecule has 3 heterocycles. The molecule has 234 valence electrons. The molecule has 0 aliphatic rings. The van der Waals surface area contributed by atoms with E-state index < -0.39 is 0 Å². The van der Waals surface area contributed by atoms with Gasteiger partial charge in [0.15, 0.2) is 17.5 Å². The minimum atomic E-state index is 0.638. The van der Waals surface area contributed by atoms with Crippen molar-refractivity contribution in [2.75, 3.05) is 0 Å². The van der Waals surface area contributed by atoms with E-state index >= 15 is 0 Å². The number of para-hydroxylation sites is 4. The van der Waals surface area contributed by atoms with Gasteiger partial charge in [0.1, 0.15) is 0 Å². The minimum absolute atomic E-state index is 0.638. The van der Waals surface area contributed by atoms with Crippen LogP contribution < -0.4 is 0 Å². The molecule has 0 spiro atoms. The summed E-state index contributed by atoms with van der Waals surface area (Å²) in [6.07, 6.45) is 0. The molecule has 0 saturated carbocycles. The predicted octanol–water partition coefficient (Wildman–Crippen LogP) is 11.1.